The summed E-state index contributed by atoms with van der Waals surface area (Å²) in [4.78, 5) is 30.9. The molecule has 9 heteroatoms. The van der Waals surface area contributed by atoms with Crippen LogP contribution in [0.1, 0.15) is 17.0 Å². The van der Waals surface area contributed by atoms with Crippen LogP contribution in [0.15, 0.2) is 30.6 Å². The Morgan fingerprint density at radius 2 is 2.17 bits per heavy atom. The maximum atomic E-state index is 12.3. The number of aromatic nitrogens is 4. The lowest BCUT2D eigenvalue weighted by Gasteiger charge is -2.10. The van der Waals surface area contributed by atoms with Gasteiger partial charge in [0.2, 0.25) is 5.91 Å². The molecule has 0 bridgehead atoms. The van der Waals surface area contributed by atoms with Crippen LogP contribution in [0.25, 0.3) is 5.78 Å². The van der Waals surface area contributed by atoms with Gasteiger partial charge in [0.15, 0.2) is 0 Å². The molecule has 0 aliphatic heterocycles. The van der Waals surface area contributed by atoms with Crippen LogP contribution in [0.4, 0.5) is 11.4 Å². The van der Waals surface area contributed by atoms with Gasteiger partial charge in [-0.25, -0.2) is 9.50 Å². The van der Waals surface area contributed by atoms with Gasteiger partial charge in [0.05, 0.1) is 11.3 Å². The molecule has 1 N–H and O–H groups in total. The maximum Gasteiger partial charge on any atom is 0.271 e. The topological polar surface area (TPSA) is 115 Å². The van der Waals surface area contributed by atoms with E-state index in [4.69, 9.17) is 0 Å². The Balaban J connectivity index is 1.83. The number of nitro groups is 1. The van der Waals surface area contributed by atoms with E-state index in [2.05, 4.69) is 20.4 Å². The summed E-state index contributed by atoms with van der Waals surface area (Å²) in [6, 6.07) is 5.81. The third kappa shape index (κ3) is 2.91. The van der Waals surface area contributed by atoms with Crippen molar-refractivity contribution in [2.75, 3.05) is 5.32 Å². The number of aryl methyl sites for hydroxylation is 2. The molecule has 0 radical (unpaired) electrons. The number of hydrogen-bond acceptors (Lipinski definition) is 6. The van der Waals surface area contributed by atoms with Gasteiger partial charge >= 0.3 is 0 Å². The van der Waals surface area contributed by atoms with Crippen LogP contribution in [0, 0.1) is 24.0 Å². The minimum atomic E-state index is -0.507. The Morgan fingerprint density at radius 3 is 2.92 bits per heavy atom. The highest BCUT2D eigenvalue weighted by Gasteiger charge is 2.15. The molecule has 122 valence electrons. The van der Waals surface area contributed by atoms with Crippen LogP contribution in [0.5, 0.6) is 0 Å². The minimum absolute atomic E-state index is 0.0779. The van der Waals surface area contributed by atoms with E-state index in [9.17, 15) is 14.9 Å². The van der Waals surface area contributed by atoms with E-state index in [0.717, 1.165) is 11.3 Å². The summed E-state index contributed by atoms with van der Waals surface area (Å²) < 4.78 is 1.57. The molecule has 2 aromatic heterocycles. The number of amides is 1. The van der Waals surface area contributed by atoms with Crippen molar-refractivity contribution < 1.29 is 9.72 Å². The fourth-order valence-corrected chi connectivity index (χ4v) is 2.47. The van der Waals surface area contributed by atoms with Crippen molar-refractivity contribution in [2.24, 2.45) is 0 Å². The third-order valence-corrected chi connectivity index (χ3v) is 3.67. The zero-order valence-corrected chi connectivity index (χ0v) is 13.1. The molecule has 0 aliphatic rings. The Kier molecular flexibility index (Phi) is 3.90. The first kappa shape index (κ1) is 15.5. The zero-order valence-electron chi connectivity index (χ0n) is 13.1. The van der Waals surface area contributed by atoms with Gasteiger partial charge < -0.3 is 5.32 Å². The number of nitrogens with zero attached hydrogens (tertiary/aromatic N) is 5. The monoisotopic (exact) mass is 326 g/mol. The van der Waals surface area contributed by atoms with Crippen molar-refractivity contribution in [3.63, 3.8) is 0 Å². The van der Waals surface area contributed by atoms with Gasteiger partial charge in [0.25, 0.3) is 11.5 Å². The first-order valence-corrected chi connectivity index (χ1v) is 7.16. The normalized spacial score (nSPS) is 10.8. The highest BCUT2D eigenvalue weighted by molar-refractivity contribution is 5.92. The summed E-state index contributed by atoms with van der Waals surface area (Å²) in [5.41, 5.74) is 2.52. The molecular formula is C15H14N6O3. The van der Waals surface area contributed by atoms with Crippen molar-refractivity contribution in [1.82, 2.24) is 19.6 Å². The highest BCUT2D eigenvalue weighted by atomic mass is 16.6. The number of nitro benzene ring substituents is 1. The molecule has 0 saturated carbocycles. The lowest BCUT2D eigenvalue weighted by Crippen LogP contribution is -2.17. The van der Waals surface area contributed by atoms with Crippen molar-refractivity contribution in [3.05, 3.63) is 57.7 Å². The van der Waals surface area contributed by atoms with Gasteiger partial charge in [-0.2, -0.15) is 10.1 Å². The van der Waals surface area contributed by atoms with Gasteiger partial charge in [-0.3, -0.25) is 14.9 Å². The molecule has 0 aliphatic carbocycles. The van der Waals surface area contributed by atoms with Crippen molar-refractivity contribution >= 4 is 23.1 Å². The number of carbonyl (C=O) groups is 1. The van der Waals surface area contributed by atoms with Crippen molar-refractivity contribution in [1.29, 1.82) is 0 Å². The molecule has 1 amide bonds. The van der Waals surface area contributed by atoms with Crippen molar-refractivity contribution in [3.8, 4) is 0 Å². The summed E-state index contributed by atoms with van der Waals surface area (Å²) in [5.74, 6) is 0.191. The predicted octanol–water partition coefficient (Wildman–Crippen LogP) is 1.83. The number of non-ortho nitro benzene ring substituents is 1. The van der Waals surface area contributed by atoms with E-state index < -0.39 is 4.92 Å². The average Bonchev–Trinajstić information content (AvgIpc) is 3.00. The Bertz CT molecular complexity index is 950. The van der Waals surface area contributed by atoms with E-state index in [1.165, 1.54) is 24.5 Å². The molecular weight excluding hydrogens is 312 g/mol. The Morgan fingerprint density at radius 1 is 1.38 bits per heavy atom. The number of benzene rings is 1. The number of anilines is 1. The number of rotatable bonds is 4. The molecule has 0 atom stereocenters. The van der Waals surface area contributed by atoms with Gasteiger partial charge in [0, 0.05) is 34.8 Å². The van der Waals surface area contributed by atoms with Crippen molar-refractivity contribution in [2.45, 2.75) is 20.3 Å². The van der Waals surface area contributed by atoms with Crippen LogP contribution in [-0.4, -0.2) is 30.4 Å². The number of hydrogen-bond donors (Lipinski definition) is 1. The molecule has 24 heavy (non-hydrogen) atoms. The first-order chi connectivity index (χ1) is 11.5. The molecule has 0 spiro atoms. The van der Waals surface area contributed by atoms with Gasteiger partial charge in [-0.1, -0.05) is 6.07 Å². The quantitative estimate of drug-likeness (QED) is 0.577. The number of nitrogens with one attached hydrogen (secondary N) is 1. The summed E-state index contributed by atoms with van der Waals surface area (Å²) in [7, 11) is 0. The first-order valence-electron chi connectivity index (χ1n) is 7.16. The molecule has 0 fully saturated rings. The van der Waals surface area contributed by atoms with E-state index in [0.29, 0.717) is 17.2 Å². The molecule has 3 rings (SSSR count). The fourth-order valence-electron chi connectivity index (χ4n) is 2.47. The fraction of sp³-hybridized carbons (Fsp3) is 0.200. The molecule has 2 heterocycles. The Hall–Kier alpha value is -3.36. The standard InChI is InChI=1S/C15H14N6O3/c1-9-13(10(2)20-15(18-9)16-8-17-20)7-14(22)19-11-4-3-5-12(6-11)21(23)24/h3-6,8H,7H2,1-2H3,(H,19,22). The van der Waals surface area contributed by atoms with Crippen LogP contribution >= 0.6 is 0 Å². The number of fused-ring (bicyclic) bond motifs is 1. The smallest absolute Gasteiger partial charge is 0.271 e. The van der Waals surface area contributed by atoms with E-state index in [-0.39, 0.29) is 18.0 Å². The Labute approximate surface area is 136 Å². The predicted molar refractivity (Wildman–Crippen MR) is 85.7 cm³/mol. The second-order valence-corrected chi connectivity index (χ2v) is 5.27. The maximum absolute atomic E-state index is 12.3. The van der Waals surface area contributed by atoms with Gasteiger partial charge in [-0.15, -0.1) is 0 Å². The van der Waals surface area contributed by atoms with E-state index >= 15 is 0 Å². The van der Waals surface area contributed by atoms with Crippen LogP contribution in [0.2, 0.25) is 0 Å². The molecule has 9 nitrogen and oxygen atoms in total. The molecule has 0 unspecified atom stereocenters. The second-order valence-electron chi connectivity index (χ2n) is 5.27. The third-order valence-electron chi connectivity index (χ3n) is 3.67. The summed E-state index contributed by atoms with van der Waals surface area (Å²) in [6.07, 6.45) is 1.49. The van der Waals surface area contributed by atoms with Crippen LogP contribution in [-0.2, 0) is 11.2 Å². The average molecular weight is 326 g/mol. The minimum Gasteiger partial charge on any atom is -0.326 e. The lowest BCUT2D eigenvalue weighted by atomic mass is 10.1. The van der Waals surface area contributed by atoms with Crippen LogP contribution < -0.4 is 5.32 Å². The zero-order chi connectivity index (χ0) is 17.3. The van der Waals surface area contributed by atoms with Gasteiger partial charge in [0.1, 0.15) is 6.33 Å². The van der Waals surface area contributed by atoms with E-state index in [1.807, 2.05) is 6.92 Å². The largest absolute Gasteiger partial charge is 0.326 e. The van der Waals surface area contributed by atoms with Crippen LogP contribution in [0.3, 0.4) is 0 Å². The second kappa shape index (κ2) is 6.03. The summed E-state index contributed by atoms with van der Waals surface area (Å²) >= 11 is 0. The highest BCUT2D eigenvalue weighted by Crippen LogP contribution is 2.18. The summed E-state index contributed by atoms with van der Waals surface area (Å²) in [5, 5.41) is 17.5. The molecule has 3 aromatic rings. The SMILES string of the molecule is Cc1nc2ncnn2c(C)c1CC(=O)Nc1cccc([N+](=O)[O-])c1. The molecule has 0 saturated heterocycles. The summed E-state index contributed by atoms with van der Waals surface area (Å²) in [6.45, 7) is 3.64. The lowest BCUT2D eigenvalue weighted by molar-refractivity contribution is -0.384. The van der Waals surface area contributed by atoms with E-state index in [1.54, 1.807) is 17.5 Å². The number of carbonyl (C=O) groups excluding carboxylic acids is 1. The molecule has 1 aromatic carbocycles. The van der Waals surface area contributed by atoms with Gasteiger partial charge in [-0.05, 0) is 19.9 Å².